The number of hydrogen-bond donors (Lipinski definition) is 1. The maximum absolute atomic E-state index is 12.1. The van der Waals surface area contributed by atoms with Gasteiger partial charge in [-0.3, -0.25) is 0 Å². The molecule has 1 aliphatic heterocycles. The first-order valence-electron chi connectivity index (χ1n) is 6.67. The van der Waals surface area contributed by atoms with Crippen molar-refractivity contribution >= 4 is 10.0 Å². The zero-order valence-electron chi connectivity index (χ0n) is 11.5. The fourth-order valence-corrected chi connectivity index (χ4v) is 3.32. The third-order valence-corrected chi connectivity index (χ3v) is 5.03. The summed E-state index contributed by atoms with van der Waals surface area (Å²) in [5.41, 5.74) is 2.08. The van der Waals surface area contributed by atoms with Crippen LogP contribution in [-0.4, -0.2) is 27.7 Å². The highest BCUT2D eigenvalue weighted by Crippen LogP contribution is 2.16. The average Bonchev–Trinajstić information content (AvgIpc) is 2.85. The molecule has 0 saturated carbocycles. The number of benzene rings is 1. The van der Waals surface area contributed by atoms with Crippen molar-refractivity contribution in [2.24, 2.45) is 0 Å². The van der Waals surface area contributed by atoms with E-state index in [2.05, 4.69) is 4.72 Å². The minimum Gasteiger partial charge on any atom is -0.378 e. The number of sulfonamides is 1. The van der Waals surface area contributed by atoms with Crippen LogP contribution in [-0.2, 0) is 14.8 Å². The second-order valence-electron chi connectivity index (χ2n) is 5.07. The van der Waals surface area contributed by atoms with Crippen LogP contribution in [0.4, 0.5) is 0 Å². The number of rotatable bonds is 5. The summed E-state index contributed by atoms with van der Waals surface area (Å²) in [7, 11) is -3.40. The molecule has 0 aromatic heterocycles. The van der Waals surface area contributed by atoms with Gasteiger partial charge in [-0.25, -0.2) is 13.1 Å². The van der Waals surface area contributed by atoms with Crippen molar-refractivity contribution in [3.05, 3.63) is 29.3 Å². The second-order valence-corrected chi connectivity index (χ2v) is 6.83. The van der Waals surface area contributed by atoms with E-state index in [1.165, 1.54) is 0 Å². The molecule has 1 fully saturated rings. The van der Waals surface area contributed by atoms with Crippen LogP contribution >= 0.6 is 0 Å². The molecule has 1 aromatic rings. The lowest BCUT2D eigenvalue weighted by atomic mass is 10.1. The molecule has 2 rings (SSSR count). The molecule has 1 aliphatic rings. The second kappa shape index (κ2) is 6.03. The molecular formula is C14H21NO3S. The van der Waals surface area contributed by atoms with Gasteiger partial charge in [0.25, 0.3) is 0 Å². The van der Waals surface area contributed by atoms with Crippen molar-refractivity contribution in [3.8, 4) is 0 Å². The predicted molar refractivity (Wildman–Crippen MR) is 74.7 cm³/mol. The van der Waals surface area contributed by atoms with E-state index in [9.17, 15) is 8.42 Å². The summed E-state index contributed by atoms with van der Waals surface area (Å²) in [6.07, 6.45) is 3.06. The first-order valence-corrected chi connectivity index (χ1v) is 8.16. The van der Waals surface area contributed by atoms with Crippen molar-refractivity contribution in [1.29, 1.82) is 0 Å². The zero-order chi connectivity index (χ0) is 13.9. The molecule has 106 valence electrons. The van der Waals surface area contributed by atoms with Gasteiger partial charge in [-0.05, 0) is 56.4 Å². The summed E-state index contributed by atoms with van der Waals surface area (Å²) >= 11 is 0. The number of hydrogen-bond acceptors (Lipinski definition) is 3. The van der Waals surface area contributed by atoms with E-state index >= 15 is 0 Å². The van der Waals surface area contributed by atoms with Gasteiger partial charge in [0.2, 0.25) is 10.0 Å². The number of nitrogens with one attached hydrogen (secondary N) is 1. The molecule has 1 aromatic carbocycles. The van der Waals surface area contributed by atoms with Crippen molar-refractivity contribution in [1.82, 2.24) is 4.72 Å². The summed E-state index contributed by atoms with van der Waals surface area (Å²) in [4.78, 5) is 0.336. The quantitative estimate of drug-likeness (QED) is 0.901. The van der Waals surface area contributed by atoms with Crippen LogP contribution < -0.4 is 4.72 Å². The van der Waals surface area contributed by atoms with E-state index in [0.717, 1.165) is 37.0 Å². The highest BCUT2D eigenvalue weighted by Gasteiger charge is 2.18. The fourth-order valence-electron chi connectivity index (χ4n) is 2.19. The molecule has 0 bridgehead atoms. The largest absolute Gasteiger partial charge is 0.378 e. The Balaban J connectivity index is 1.95. The van der Waals surface area contributed by atoms with Crippen molar-refractivity contribution < 1.29 is 13.2 Å². The lowest BCUT2D eigenvalue weighted by Crippen LogP contribution is -2.27. The van der Waals surface area contributed by atoms with Gasteiger partial charge >= 0.3 is 0 Å². The summed E-state index contributed by atoms with van der Waals surface area (Å²) in [5, 5.41) is 0. The maximum Gasteiger partial charge on any atom is 0.240 e. The van der Waals surface area contributed by atoms with Crippen LogP contribution in [0.1, 0.15) is 30.4 Å². The van der Waals surface area contributed by atoms with E-state index in [4.69, 9.17) is 4.74 Å². The highest BCUT2D eigenvalue weighted by molar-refractivity contribution is 7.89. The van der Waals surface area contributed by atoms with Crippen LogP contribution in [0.2, 0.25) is 0 Å². The Labute approximate surface area is 115 Å². The summed E-state index contributed by atoms with van der Waals surface area (Å²) < 4.78 is 32.3. The van der Waals surface area contributed by atoms with Crippen molar-refractivity contribution in [3.63, 3.8) is 0 Å². The first kappa shape index (κ1) is 14.5. The molecular weight excluding hydrogens is 262 g/mol. The van der Waals surface area contributed by atoms with E-state index in [1.54, 1.807) is 12.1 Å². The maximum atomic E-state index is 12.1. The molecule has 0 radical (unpaired) electrons. The Hall–Kier alpha value is -0.910. The van der Waals surface area contributed by atoms with Crippen LogP contribution in [0.5, 0.6) is 0 Å². The molecule has 0 aliphatic carbocycles. The molecule has 4 nitrogen and oxygen atoms in total. The molecule has 0 spiro atoms. The van der Waals surface area contributed by atoms with Crippen molar-refractivity contribution in [2.45, 2.75) is 44.1 Å². The lowest BCUT2D eigenvalue weighted by molar-refractivity contribution is 0.105. The molecule has 0 unspecified atom stereocenters. The van der Waals surface area contributed by atoms with E-state index < -0.39 is 10.0 Å². The third-order valence-electron chi connectivity index (χ3n) is 3.57. The average molecular weight is 283 g/mol. The lowest BCUT2D eigenvalue weighted by Gasteiger charge is -2.11. The van der Waals surface area contributed by atoms with Crippen LogP contribution in [0.3, 0.4) is 0 Å². The van der Waals surface area contributed by atoms with Crippen molar-refractivity contribution in [2.75, 3.05) is 13.2 Å². The topological polar surface area (TPSA) is 55.4 Å². The Bertz CT molecular complexity index is 534. The molecule has 0 amide bonds. The summed E-state index contributed by atoms with van der Waals surface area (Å²) in [6.45, 7) is 5.12. The van der Waals surface area contributed by atoms with E-state index in [0.29, 0.717) is 11.4 Å². The molecule has 1 saturated heterocycles. The monoisotopic (exact) mass is 283 g/mol. The minimum absolute atomic E-state index is 0.211. The fraction of sp³-hybridized carbons (Fsp3) is 0.571. The van der Waals surface area contributed by atoms with Gasteiger partial charge in [-0.2, -0.15) is 0 Å². The number of aryl methyl sites for hydroxylation is 2. The summed E-state index contributed by atoms with van der Waals surface area (Å²) in [6, 6.07) is 5.20. The standard InChI is InChI=1S/C14H21NO3S/c1-11-5-6-14(10-12(11)2)19(16,17)15-8-7-13-4-3-9-18-13/h5-6,10,13,15H,3-4,7-9H2,1-2H3/t13-/m0/s1. The molecule has 19 heavy (non-hydrogen) atoms. The van der Waals surface area contributed by atoms with E-state index in [1.807, 2.05) is 19.9 Å². The molecule has 1 atom stereocenters. The molecule has 1 heterocycles. The van der Waals surface area contributed by atoms with Crippen LogP contribution in [0.25, 0.3) is 0 Å². The first-order chi connectivity index (χ1) is 8.99. The smallest absolute Gasteiger partial charge is 0.240 e. The minimum atomic E-state index is -3.40. The SMILES string of the molecule is Cc1ccc(S(=O)(=O)NCC[C@@H]2CCCO2)cc1C. The van der Waals surface area contributed by atoms with Crippen LogP contribution in [0.15, 0.2) is 23.1 Å². The summed E-state index contributed by atoms with van der Waals surface area (Å²) in [5.74, 6) is 0. The van der Waals surface area contributed by atoms with Gasteiger partial charge in [0.1, 0.15) is 0 Å². The Morgan fingerprint density at radius 2 is 2.11 bits per heavy atom. The molecule has 5 heteroatoms. The number of ether oxygens (including phenoxy) is 1. The van der Waals surface area contributed by atoms with Crippen LogP contribution in [0, 0.1) is 13.8 Å². The normalized spacial score (nSPS) is 19.8. The van der Waals surface area contributed by atoms with E-state index in [-0.39, 0.29) is 6.10 Å². The Kier molecular flexibility index (Phi) is 4.60. The van der Waals surface area contributed by atoms with Gasteiger partial charge in [0.05, 0.1) is 11.0 Å². The molecule has 1 N–H and O–H groups in total. The third kappa shape index (κ3) is 3.78. The Morgan fingerprint density at radius 3 is 2.74 bits per heavy atom. The van der Waals surface area contributed by atoms with Gasteiger partial charge in [-0.15, -0.1) is 0 Å². The highest BCUT2D eigenvalue weighted by atomic mass is 32.2. The van der Waals surface area contributed by atoms with Gasteiger partial charge in [0.15, 0.2) is 0 Å². The van der Waals surface area contributed by atoms with Gasteiger partial charge in [0, 0.05) is 13.2 Å². The van der Waals surface area contributed by atoms with Gasteiger partial charge < -0.3 is 4.74 Å². The predicted octanol–water partition coefficient (Wildman–Crippen LogP) is 2.15. The zero-order valence-corrected chi connectivity index (χ0v) is 12.3. The Morgan fingerprint density at radius 1 is 1.32 bits per heavy atom. The van der Waals surface area contributed by atoms with Gasteiger partial charge in [-0.1, -0.05) is 6.07 Å².